The van der Waals surface area contributed by atoms with Crippen molar-refractivity contribution in [1.82, 2.24) is 4.98 Å². The number of halogens is 3. The second-order valence-electron chi connectivity index (χ2n) is 4.33. The molecule has 0 aliphatic carbocycles. The highest BCUT2D eigenvalue weighted by Gasteiger charge is 2.12. The number of carbonyl (C=O) groups is 1. The Morgan fingerprint density at radius 1 is 1.27 bits per heavy atom. The van der Waals surface area contributed by atoms with Crippen LogP contribution in [0.15, 0.2) is 35.1 Å². The molecule has 1 aromatic carbocycles. The number of urea groups is 1. The number of aliphatic hydroxyl groups excluding tert-OH is 1. The number of rotatable bonds is 4. The number of aromatic nitrogens is 1. The first-order valence-corrected chi connectivity index (χ1v) is 7.83. The third-order valence-corrected chi connectivity index (χ3v) is 3.74. The molecule has 3 N–H and O–H groups in total. The highest BCUT2D eigenvalue weighted by Crippen LogP contribution is 2.29. The molecular formula is C14H12BrCl2N3O2. The Hall–Kier alpha value is -1.34. The molecule has 0 unspecified atom stereocenters. The molecule has 0 aliphatic rings. The van der Waals surface area contributed by atoms with Gasteiger partial charge >= 0.3 is 6.03 Å². The number of hydrogen-bond donors (Lipinski definition) is 3. The molecule has 5 nitrogen and oxygen atoms in total. The molecule has 1 aromatic heterocycles. The zero-order valence-corrected chi connectivity index (χ0v) is 14.3. The number of anilines is 2. The van der Waals surface area contributed by atoms with Gasteiger partial charge < -0.3 is 15.7 Å². The topological polar surface area (TPSA) is 74.2 Å². The Balaban J connectivity index is 2.17. The summed E-state index contributed by atoms with van der Waals surface area (Å²) in [5, 5.41) is 15.2. The van der Waals surface area contributed by atoms with Crippen LogP contribution in [0.25, 0.3) is 0 Å². The zero-order valence-electron chi connectivity index (χ0n) is 11.2. The summed E-state index contributed by atoms with van der Waals surface area (Å²) in [7, 11) is 0. The predicted molar refractivity (Wildman–Crippen MR) is 91.8 cm³/mol. The number of aliphatic hydroxyl groups is 1. The summed E-state index contributed by atoms with van der Waals surface area (Å²) >= 11 is 15.3. The van der Waals surface area contributed by atoms with Crippen LogP contribution >= 0.6 is 39.1 Å². The summed E-state index contributed by atoms with van der Waals surface area (Å²) < 4.78 is 0.608. The van der Waals surface area contributed by atoms with Crippen molar-refractivity contribution in [3.05, 3.63) is 50.7 Å². The monoisotopic (exact) mass is 403 g/mol. The van der Waals surface area contributed by atoms with E-state index in [0.717, 1.165) is 0 Å². The van der Waals surface area contributed by atoms with E-state index in [1.807, 2.05) is 0 Å². The number of nitrogens with one attached hydrogen (secondary N) is 2. The molecule has 0 aliphatic heterocycles. The van der Waals surface area contributed by atoms with Crippen molar-refractivity contribution in [3.8, 4) is 0 Å². The first-order valence-electron chi connectivity index (χ1n) is 6.28. The fourth-order valence-electron chi connectivity index (χ4n) is 1.85. The van der Waals surface area contributed by atoms with Gasteiger partial charge in [0.25, 0.3) is 0 Å². The average Bonchev–Trinajstić information content (AvgIpc) is 2.42. The molecule has 22 heavy (non-hydrogen) atoms. The molecule has 116 valence electrons. The maximum Gasteiger partial charge on any atom is 0.323 e. The minimum absolute atomic E-state index is 0.0883. The average molecular weight is 405 g/mol. The first kappa shape index (κ1) is 17.0. The van der Waals surface area contributed by atoms with Crippen molar-refractivity contribution in [2.24, 2.45) is 0 Å². The molecule has 8 heteroatoms. The van der Waals surface area contributed by atoms with Crippen molar-refractivity contribution >= 4 is 56.5 Å². The van der Waals surface area contributed by atoms with Gasteiger partial charge in [-0.15, -0.1) is 0 Å². The van der Waals surface area contributed by atoms with Crippen molar-refractivity contribution in [2.75, 3.05) is 17.2 Å². The number of carbonyl (C=O) groups excluding carboxylic acids is 1. The van der Waals surface area contributed by atoms with Crippen LogP contribution in [0.1, 0.15) is 5.56 Å². The lowest BCUT2D eigenvalue weighted by Crippen LogP contribution is -2.20. The molecule has 0 bridgehead atoms. The van der Waals surface area contributed by atoms with Gasteiger partial charge in [0.05, 0.1) is 0 Å². The van der Waals surface area contributed by atoms with E-state index in [2.05, 4.69) is 31.5 Å². The molecule has 0 saturated heterocycles. The lowest BCUT2D eigenvalue weighted by molar-refractivity contribution is 0.262. The smallest absolute Gasteiger partial charge is 0.323 e. The van der Waals surface area contributed by atoms with Crippen LogP contribution < -0.4 is 10.6 Å². The molecule has 2 rings (SSSR count). The van der Waals surface area contributed by atoms with Crippen LogP contribution in [-0.2, 0) is 6.42 Å². The molecule has 2 aromatic rings. The standard InChI is InChI=1S/C14H12BrCl2N3O2/c15-13-7-9(1-3-18-13)19-14(22)20-12-6-8(16)5-11(17)10(12)2-4-21/h1,3,5-7,21H,2,4H2,(H2,18,19,20,22). The minimum Gasteiger partial charge on any atom is -0.396 e. The molecule has 0 saturated carbocycles. The third kappa shape index (κ3) is 4.58. The van der Waals surface area contributed by atoms with E-state index in [1.54, 1.807) is 30.5 Å². The predicted octanol–water partition coefficient (Wildman–Crippen LogP) is 4.33. The number of pyridine rings is 1. The van der Waals surface area contributed by atoms with E-state index in [4.69, 9.17) is 28.3 Å². The summed E-state index contributed by atoms with van der Waals surface area (Å²) in [5.74, 6) is 0. The Kier molecular flexibility index (Phi) is 6.02. The van der Waals surface area contributed by atoms with Gasteiger partial charge in [-0.2, -0.15) is 0 Å². The van der Waals surface area contributed by atoms with E-state index < -0.39 is 6.03 Å². The summed E-state index contributed by atoms with van der Waals surface area (Å²) in [6, 6.07) is 6.02. The van der Waals surface area contributed by atoms with Crippen molar-refractivity contribution in [3.63, 3.8) is 0 Å². The Morgan fingerprint density at radius 3 is 2.73 bits per heavy atom. The number of amides is 2. The molecule has 0 spiro atoms. The van der Waals surface area contributed by atoms with Crippen LogP contribution in [0.5, 0.6) is 0 Å². The fraction of sp³-hybridized carbons (Fsp3) is 0.143. The summed E-state index contributed by atoms with van der Waals surface area (Å²) in [5.41, 5.74) is 1.66. The van der Waals surface area contributed by atoms with Gasteiger partial charge in [0, 0.05) is 34.2 Å². The second kappa shape index (κ2) is 7.78. The van der Waals surface area contributed by atoms with E-state index in [-0.39, 0.29) is 6.61 Å². The number of hydrogen-bond acceptors (Lipinski definition) is 3. The Bertz CT molecular complexity index is 698. The van der Waals surface area contributed by atoms with Crippen LogP contribution in [0.3, 0.4) is 0 Å². The molecule has 0 radical (unpaired) electrons. The summed E-state index contributed by atoms with van der Waals surface area (Å²) in [6.45, 7) is -0.0883. The highest BCUT2D eigenvalue weighted by molar-refractivity contribution is 9.10. The van der Waals surface area contributed by atoms with Gasteiger partial charge in [0.2, 0.25) is 0 Å². The molecule has 2 amide bonds. The van der Waals surface area contributed by atoms with Gasteiger partial charge in [-0.25, -0.2) is 9.78 Å². The number of nitrogens with zero attached hydrogens (tertiary/aromatic N) is 1. The summed E-state index contributed by atoms with van der Waals surface area (Å²) in [4.78, 5) is 16.0. The highest BCUT2D eigenvalue weighted by atomic mass is 79.9. The van der Waals surface area contributed by atoms with Crippen molar-refractivity contribution in [2.45, 2.75) is 6.42 Å². The zero-order chi connectivity index (χ0) is 16.1. The molecular weight excluding hydrogens is 393 g/mol. The summed E-state index contributed by atoms with van der Waals surface area (Å²) in [6.07, 6.45) is 1.87. The van der Waals surface area contributed by atoms with Crippen molar-refractivity contribution in [1.29, 1.82) is 0 Å². The van der Waals surface area contributed by atoms with Crippen LogP contribution in [0, 0.1) is 0 Å². The van der Waals surface area contributed by atoms with Gasteiger partial charge in [0.15, 0.2) is 0 Å². The maximum atomic E-state index is 12.1. The molecule has 1 heterocycles. The van der Waals surface area contributed by atoms with Gasteiger partial charge in [-0.1, -0.05) is 23.2 Å². The minimum atomic E-state index is -0.448. The largest absolute Gasteiger partial charge is 0.396 e. The third-order valence-electron chi connectivity index (χ3n) is 2.75. The number of benzene rings is 1. The molecule has 0 fully saturated rings. The van der Waals surface area contributed by atoms with Crippen LogP contribution in [0.2, 0.25) is 10.0 Å². The van der Waals surface area contributed by atoms with E-state index in [9.17, 15) is 4.79 Å². The lowest BCUT2D eigenvalue weighted by atomic mass is 10.1. The van der Waals surface area contributed by atoms with E-state index in [0.29, 0.717) is 38.0 Å². The van der Waals surface area contributed by atoms with Crippen LogP contribution in [-0.4, -0.2) is 22.7 Å². The quantitative estimate of drug-likeness (QED) is 0.664. The van der Waals surface area contributed by atoms with Gasteiger partial charge in [-0.3, -0.25) is 0 Å². The fourth-order valence-corrected chi connectivity index (χ4v) is 2.80. The Morgan fingerprint density at radius 2 is 2.05 bits per heavy atom. The SMILES string of the molecule is O=C(Nc1ccnc(Br)c1)Nc1cc(Cl)cc(Cl)c1CCO. The maximum absolute atomic E-state index is 12.1. The van der Waals surface area contributed by atoms with Crippen molar-refractivity contribution < 1.29 is 9.90 Å². The van der Waals surface area contributed by atoms with Crippen LogP contribution in [0.4, 0.5) is 16.2 Å². The first-order chi connectivity index (χ1) is 10.5. The van der Waals surface area contributed by atoms with E-state index >= 15 is 0 Å². The van der Waals surface area contributed by atoms with Gasteiger partial charge in [0.1, 0.15) is 4.60 Å². The van der Waals surface area contributed by atoms with E-state index in [1.165, 1.54) is 0 Å². The van der Waals surface area contributed by atoms with Gasteiger partial charge in [-0.05, 0) is 52.2 Å². The lowest BCUT2D eigenvalue weighted by Gasteiger charge is -2.13. The second-order valence-corrected chi connectivity index (χ2v) is 5.99. The molecule has 0 atom stereocenters. The Labute approximate surface area is 145 Å². The normalized spacial score (nSPS) is 10.4.